The van der Waals surface area contributed by atoms with E-state index in [1.165, 1.54) is 46.7 Å². The number of hydrogen-bond acceptors (Lipinski definition) is 1. The minimum absolute atomic E-state index is 0.166. The van der Waals surface area contributed by atoms with Crippen molar-refractivity contribution in [2.75, 3.05) is 0 Å². The Morgan fingerprint density at radius 3 is 2.17 bits per heavy atom. The molecule has 2 aromatic rings. The van der Waals surface area contributed by atoms with E-state index < -0.39 is 5.97 Å². The molecule has 0 saturated heterocycles. The fraction of sp³-hybridized carbons (Fsp3) is 0.370. The minimum Gasteiger partial charge on any atom is -0.478 e. The van der Waals surface area contributed by atoms with Crippen LogP contribution in [0.2, 0.25) is 0 Å². The second-order valence-electron chi connectivity index (χ2n) is 9.63. The number of aliphatic carboxylic acids is 1. The lowest BCUT2D eigenvalue weighted by molar-refractivity contribution is -0.131. The maximum Gasteiger partial charge on any atom is 0.328 e. The van der Waals surface area contributed by atoms with Crippen LogP contribution in [-0.4, -0.2) is 11.1 Å². The van der Waals surface area contributed by atoms with Crippen molar-refractivity contribution in [3.8, 4) is 11.1 Å². The Balaban J connectivity index is 2.14. The average molecular weight is 389 g/mol. The van der Waals surface area contributed by atoms with Gasteiger partial charge in [0.1, 0.15) is 0 Å². The summed E-state index contributed by atoms with van der Waals surface area (Å²) in [6.07, 6.45) is 7.51. The fourth-order valence-electron chi connectivity index (χ4n) is 4.36. The minimum atomic E-state index is -0.921. The van der Waals surface area contributed by atoms with Gasteiger partial charge in [0.2, 0.25) is 0 Å². The van der Waals surface area contributed by atoms with E-state index in [4.69, 9.17) is 5.11 Å². The van der Waals surface area contributed by atoms with Crippen LogP contribution in [-0.2, 0) is 15.6 Å². The Morgan fingerprint density at radius 2 is 1.55 bits per heavy atom. The maximum atomic E-state index is 10.9. The van der Waals surface area contributed by atoms with Crippen molar-refractivity contribution in [3.05, 3.63) is 76.4 Å². The van der Waals surface area contributed by atoms with Crippen molar-refractivity contribution >= 4 is 12.0 Å². The van der Waals surface area contributed by atoms with Crippen LogP contribution in [0, 0.1) is 6.92 Å². The molecule has 0 radical (unpaired) electrons. The molecule has 0 bridgehead atoms. The third-order valence-electron chi connectivity index (χ3n) is 6.33. The summed E-state index contributed by atoms with van der Waals surface area (Å²) in [5.41, 5.74) is 8.84. The number of fused-ring (bicyclic) bond motifs is 1. The van der Waals surface area contributed by atoms with Crippen LogP contribution in [0.4, 0.5) is 0 Å². The lowest BCUT2D eigenvalue weighted by Crippen LogP contribution is -2.34. The molecule has 0 unspecified atom stereocenters. The van der Waals surface area contributed by atoms with Crippen molar-refractivity contribution in [2.24, 2.45) is 0 Å². The molecule has 0 amide bonds. The van der Waals surface area contributed by atoms with Crippen LogP contribution in [0.1, 0.15) is 69.7 Å². The van der Waals surface area contributed by atoms with Crippen LogP contribution < -0.4 is 0 Å². The summed E-state index contributed by atoms with van der Waals surface area (Å²) in [4.78, 5) is 10.9. The number of allylic oxidation sites excluding steroid dienone is 2. The molecule has 1 N–H and O–H groups in total. The SMILES string of the molecule is CC(/C=C/c1ccccc1-c1cc2c(cc1C)C(C)(C)CCC2(C)C)=C\C(=O)O. The molecule has 1 aliphatic carbocycles. The molecule has 2 nitrogen and oxygen atoms in total. The zero-order valence-electron chi connectivity index (χ0n) is 18.5. The molecule has 152 valence electrons. The second kappa shape index (κ2) is 7.67. The number of carboxylic acid groups (broad SMARTS) is 1. The van der Waals surface area contributed by atoms with Gasteiger partial charge in [-0.1, -0.05) is 76.2 Å². The topological polar surface area (TPSA) is 37.3 Å². The molecular weight excluding hydrogens is 356 g/mol. The van der Waals surface area contributed by atoms with Gasteiger partial charge in [-0.05, 0) is 76.5 Å². The molecule has 0 atom stereocenters. The fourth-order valence-corrected chi connectivity index (χ4v) is 4.36. The molecule has 2 heteroatoms. The van der Waals surface area contributed by atoms with E-state index in [-0.39, 0.29) is 10.8 Å². The third-order valence-corrected chi connectivity index (χ3v) is 6.33. The molecule has 0 heterocycles. The van der Waals surface area contributed by atoms with Crippen molar-refractivity contribution in [1.29, 1.82) is 0 Å². The van der Waals surface area contributed by atoms with E-state index in [1.54, 1.807) is 0 Å². The number of carbonyl (C=O) groups is 1. The molecule has 0 spiro atoms. The van der Waals surface area contributed by atoms with Gasteiger partial charge in [0.05, 0.1) is 0 Å². The molecular formula is C27H32O2. The van der Waals surface area contributed by atoms with Crippen molar-refractivity contribution in [1.82, 2.24) is 0 Å². The smallest absolute Gasteiger partial charge is 0.328 e. The summed E-state index contributed by atoms with van der Waals surface area (Å²) >= 11 is 0. The lowest BCUT2D eigenvalue weighted by atomic mass is 9.62. The highest BCUT2D eigenvalue weighted by molar-refractivity contribution is 5.82. The van der Waals surface area contributed by atoms with Gasteiger partial charge in [0.15, 0.2) is 0 Å². The highest BCUT2D eigenvalue weighted by Crippen LogP contribution is 2.47. The summed E-state index contributed by atoms with van der Waals surface area (Å²) in [6.45, 7) is 13.4. The lowest BCUT2D eigenvalue weighted by Gasteiger charge is -2.42. The van der Waals surface area contributed by atoms with Gasteiger partial charge in [-0.25, -0.2) is 4.79 Å². The summed E-state index contributed by atoms with van der Waals surface area (Å²) in [5.74, 6) is -0.921. The Bertz CT molecular complexity index is 1000. The van der Waals surface area contributed by atoms with Crippen LogP contribution in [0.3, 0.4) is 0 Å². The van der Waals surface area contributed by atoms with E-state index in [1.807, 2.05) is 25.1 Å². The van der Waals surface area contributed by atoms with Crippen LogP contribution >= 0.6 is 0 Å². The summed E-state index contributed by atoms with van der Waals surface area (Å²) < 4.78 is 0. The largest absolute Gasteiger partial charge is 0.478 e. The molecule has 0 fully saturated rings. The van der Waals surface area contributed by atoms with Crippen LogP contribution in [0.25, 0.3) is 17.2 Å². The molecule has 2 aromatic carbocycles. The van der Waals surface area contributed by atoms with Gasteiger partial charge in [-0.2, -0.15) is 0 Å². The first-order valence-electron chi connectivity index (χ1n) is 10.4. The monoisotopic (exact) mass is 388 g/mol. The van der Waals surface area contributed by atoms with Gasteiger partial charge in [-0.15, -0.1) is 0 Å². The third kappa shape index (κ3) is 4.37. The first-order valence-corrected chi connectivity index (χ1v) is 10.4. The molecule has 1 aliphatic rings. The number of carboxylic acids is 1. The van der Waals surface area contributed by atoms with Gasteiger partial charge in [-0.3, -0.25) is 0 Å². The average Bonchev–Trinajstić information content (AvgIpc) is 2.63. The molecule has 29 heavy (non-hydrogen) atoms. The molecule has 0 aliphatic heterocycles. The van der Waals surface area contributed by atoms with E-state index in [2.05, 4.69) is 65.0 Å². The van der Waals surface area contributed by atoms with Gasteiger partial charge < -0.3 is 5.11 Å². The van der Waals surface area contributed by atoms with E-state index >= 15 is 0 Å². The van der Waals surface area contributed by atoms with E-state index in [0.717, 1.165) is 11.1 Å². The number of hydrogen-bond donors (Lipinski definition) is 1. The highest BCUT2D eigenvalue weighted by atomic mass is 16.4. The number of benzene rings is 2. The van der Waals surface area contributed by atoms with Crippen molar-refractivity contribution in [3.63, 3.8) is 0 Å². The first kappa shape index (κ1) is 21.1. The predicted octanol–water partition coefficient (Wildman–Crippen LogP) is 7.06. The van der Waals surface area contributed by atoms with Crippen LogP contribution in [0.5, 0.6) is 0 Å². The zero-order valence-corrected chi connectivity index (χ0v) is 18.5. The standard InChI is InChI=1S/C27H32O2/c1-18(15-25(28)29)11-12-20-9-7-8-10-21(20)22-17-24-23(16-19(22)2)26(3,4)13-14-27(24,5)6/h7-12,15-17H,13-14H2,1-6H3,(H,28,29)/b12-11+,18-15+. The number of rotatable bonds is 4. The van der Waals surface area contributed by atoms with Crippen molar-refractivity contribution in [2.45, 2.75) is 65.2 Å². The van der Waals surface area contributed by atoms with Gasteiger partial charge in [0, 0.05) is 6.08 Å². The Morgan fingerprint density at radius 1 is 0.966 bits per heavy atom. The van der Waals surface area contributed by atoms with Gasteiger partial charge >= 0.3 is 5.97 Å². The number of aryl methyl sites for hydroxylation is 1. The maximum absolute atomic E-state index is 10.9. The summed E-state index contributed by atoms with van der Waals surface area (Å²) in [7, 11) is 0. The molecule has 3 rings (SSSR count). The Labute approximate surface area is 175 Å². The van der Waals surface area contributed by atoms with E-state index in [0.29, 0.717) is 0 Å². The Hall–Kier alpha value is -2.61. The Kier molecular flexibility index (Phi) is 5.58. The normalized spacial score (nSPS) is 17.9. The quantitative estimate of drug-likeness (QED) is 0.450. The predicted molar refractivity (Wildman–Crippen MR) is 122 cm³/mol. The van der Waals surface area contributed by atoms with Crippen LogP contribution in [0.15, 0.2) is 54.1 Å². The molecule has 0 saturated carbocycles. The van der Waals surface area contributed by atoms with E-state index in [9.17, 15) is 4.79 Å². The second-order valence-corrected chi connectivity index (χ2v) is 9.63. The first-order chi connectivity index (χ1) is 13.5. The zero-order chi connectivity index (χ0) is 21.4. The van der Waals surface area contributed by atoms with Crippen molar-refractivity contribution < 1.29 is 9.90 Å². The molecule has 0 aromatic heterocycles. The van der Waals surface area contributed by atoms with Gasteiger partial charge in [0.25, 0.3) is 0 Å². The highest BCUT2D eigenvalue weighted by Gasteiger charge is 2.37. The summed E-state index contributed by atoms with van der Waals surface area (Å²) in [6, 6.07) is 13.1. The summed E-state index contributed by atoms with van der Waals surface area (Å²) in [5, 5.41) is 8.94.